The molecule has 2 rings (SSSR count). The topological polar surface area (TPSA) is 47.6 Å². The predicted molar refractivity (Wildman–Crippen MR) is 79.0 cm³/mol. The van der Waals surface area contributed by atoms with E-state index >= 15 is 0 Å². The molecule has 0 spiro atoms. The van der Waals surface area contributed by atoms with Gasteiger partial charge in [0.05, 0.1) is 13.4 Å². The van der Waals surface area contributed by atoms with Crippen molar-refractivity contribution in [3.8, 4) is 11.5 Å². The molecular formula is C15H14ClNO3. The van der Waals surface area contributed by atoms with Crippen LogP contribution in [0.4, 0.5) is 0 Å². The summed E-state index contributed by atoms with van der Waals surface area (Å²) in [5.41, 5.74) is 1.15. The van der Waals surface area contributed by atoms with E-state index in [1.807, 2.05) is 0 Å². The van der Waals surface area contributed by atoms with Crippen LogP contribution in [0, 0.1) is 0 Å². The van der Waals surface area contributed by atoms with Gasteiger partial charge < -0.3 is 14.8 Å². The quantitative estimate of drug-likeness (QED) is 0.868. The van der Waals surface area contributed by atoms with Gasteiger partial charge in [0.15, 0.2) is 11.5 Å². The number of carbonyl (C=O) groups is 1. The number of hydrogen-bond acceptors (Lipinski definition) is 3. The van der Waals surface area contributed by atoms with Crippen LogP contribution in [0.25, 0.3) is 6.08 Å². The van der Waals surface area contributed by atoms with Crippen LogP contribution in [0.5, 0.6) is 11.5 Å². The molecule has 104 valence electrons. The Kier molecular flexibility index (Phi) is 4.48. The second-order valence-electron chi connectivity index (χ2n) is 4.05. The van der Waals surface area contributed by atoms with E-state index in [0.717, 1.165) is 0 Å². The number of carbonyl (C=O) groups excluding carboxylic acids is 1. The fraction of sp³-hybridized carbons (Fsp3) is 0.133. The Morgan fingerprint density at radius 3 is 3.05 bits per heavy atom. The number of fused-ring (bicyclic) bond motifs is 1. The molecule has 0 atom stereocenters. The number of halogens is 1. The summed E-state index contributed by atoms with van der Waals surface area (Å²) in [5, 5.41) is 3.22. The molecule has 0 fully saturated rings. The average molecular weight is 292 g/mol. The van der Waals surface area contributed by atoms with Crippen LogP contribution in [-0.2, 0) is 4.79 Å². The number of methoxy groups -OCH3 is 1. The molecule has 1 aliphatic heterocycles. The van der Waals surface area contributed by atoms with E-state index in [-0.39, 0.29) is 5.91 Å². The largest absolute Gasteiger partial charge is 0.493 e. The normalized spacial score (nSPS) is 12.6. The van der Waals surface area contributed by atoms with Crippen LogP contribution in [-0.4, -0.2) is 19.6 Å². The van der Waals surface area contributed by atoms with Crippen molar-refractivity contribution in [2.45, 2.75) is 0 Å². The second kappa shape index (κ2) is 6.30. The maximum atomic E-state index is 12.0. The smallest absolute Gasteiger partial charge is 0.251 e. The maximum absolute atomic E-state index is 12.0. The van der Waals surface area contributed by atoms with Crippen molar-refractivity contribution in [3.63, 3.8) is 0 Å². The van der Waals surface area contributed by atoms with Gasteiger partial charge in [-0.2, -0.15) is 0 Å². The number of rotatable bonds is 4. The Bertz CT molecular complexity index is 605. The molecule has 1 aromatic carbocycles. The molecule has 1 aromatic rings. The van der Waals surface area contributed by atoms with Crippen molar-refractivity contribution in [1.29, 1.82) is 0 Å². The summed E-state index contributed by atoms with van der Waals surface area (Å²) in [6, 6.07) is 3.37. The number of hydrogen-bond donors (Lipinski definition) is 1. The highest BCUT2D eigenvalue weighted by atomic mass is 35.5. The van der Waals surface area contributed by atoms with E-state index in [2.05, 4.69) is 11.9 Å². The van der Waals surface area contributed by atoms with Crippen LogP contribution in [0.3, 0.4) is 0 Å². The Morgan fingerprint density at radius 1 is 1.55 bits per heavy atom. The van der Waals surface area contributed by atoms with Crippen molar-refractivity contribution >= 4 is 23.6 Å². The van der Waals surface area contributed by atoms with Crippen molar-refractivity contribution in [2.75, 3.05) is 13.7 Å². The van der Waals surface area contributed by atoms with Crippen molar-refractivity contribution in [1.82, 2.24) is 5.32 Å². The first-order chi connectivity index (χ1) is 9.65. The molecule has 0 bridgehead atoms. The number of amides is 1. The zero-order chi connectivity index (χ0) is 14.5. The van der Waals surface area contributed by atoms with Crippen molar-refractivity contribution < 1.29 is 14.3 Å². The summed E-state index contributed by atoms with van der Waals surface area (Å²) >= 11 is 6.03. The van der Waals surface area contributed by atoms with E-state index in [1.165, 1.54) is 13.4 Å². The van der Waals surface area contributed by atoms with E-state index in [0.29, 0.717) is 34.2 Å². The second-order valence-corrected chi connectivity index (χ2v) is 4.48. The van der Waals surface area contributed by atoms with Gasteiger partial charge in [-0.1, -0.05) is 17.7 Å². The van der Waals surface area contributed by atoms with Gasteiger partial charge in [0.25, 0.3) is 5.91 Å². The Morgan fingerprint density at radius 2 is 2.35 bits per heavy atom. The lowest BCUT2D eigenvalue weighted by molar-refractivity contribution is -0.116. The van der Waals surface area contributed by atoms with Gasteiger partial charge in [0.1, 0.15) is 0 Å². The highest BCUT2D eigenvalue weighted by Crippen LogP contribution is 2.37. The summed E-state index contributed by atoms with van der Waals surface area (Å²) in [5.74, 6) is 0.831. The third-order valence-electron chi connectivity index (χ3n) is 2.68. The number of nitrogens with one attached hydrogen (secondary N) is 1. The minimum atomic E-state index is -0.212. The summed E-state index contributed by atoms with van der Waals surface area (Å²) in [7, 11) is 1.53. The molecule has 1 heterocycles. The lowest BCUT2D eigenvalue weighted by Crippen LogP contribution is -2.24. The van der Waals surface area contributed by atoms with Crippen molar-refractivity contribution in [2.24, 2.45) is 0 Å². The fourth-order valence-electron chi connectivity index (χ4n) is 1.77. The molecule has 0 saturated carbocycles. The Labute approximate surface area is 122 Å². The number of benzene rings is 1. The lowest BCUT2D eigenvalue weighted by Gasteiger charge is -2.10. The minimum absolute atomic E-state index is 0.212. The molecule has 1 N–H and O–H groups in total. The molecule has 0 unspecified atom stereocenters. The minimum Gasteiger partial charge on any atom is -0.493 e. The lowest BCUT2D eigenvalue weighted by atomic mass is 10.1. The zero-order valence-electron chi connectivity index (χ0n) is 11.0. The van der Waals surface area contributed by atoms with Gasteiger partial charge >= 0.3 is 0 Å². The van der Waals surface area contributed by atoms with Crippen LogP contribution < -0.4 is 14.8 Å². The molecule has 0 aliphatic carbocycles. The summed E-state index contributed by atoms with van der Waals surface area (Å²) in [6.07, 6.45) is 6.35. The average Bonchev–Trinajstić information content (AvgIpc) is 2.65. The van der Waals surface area contributed by atoms with E-state index in [4.69, 9.17) is 21.1 Å². The highest BCUT2D eigenvalue weighted by molar-refractivity contribution is 6.31. The van der Waals surface area contributed by atoms with E-state index < -0.39 is 0 Å². The van der Waals surface area contributed by atoms with Gasteiger partial charge in [0, 0.05) is 28.8 Å². The molecule has 1 amide bonds. The third kappa shape index (κ3) is 3.03. The van der Waals surface area contributed by atoms with Crippen molar-refractivity contribution in [3.05, 3.63) is 53.3 Å². The standard InChI is InChI=1S/C15H14ClNO3/c1-3-5-17-15(18)10-4-6-20-14-11(7-10)8-12(16)9-13(14)19-2/h3-4,6-9H,1,5H2,2H3,(H,17,18). The monoisotopic (exact) mass is 291 g/mol. The van der Waals surface area contributed by atoms with Gasteiger partial charge in [-0.15, -0.1) is 6.58 Å². The van der Waals surface area contributed by atoms with Crippen LogP contribution in [0.2, 0.25) is 5.02 Å². The van der Waals surface area contributed by atoms with Gasteiger partial charge in [0.2, 0.25) is 0 Å². The summed E-state index contributed by atoms with van der Waals surface area (Å²) in [4.78, 5) is 12.0. The van der Waals surface area contributed by atoms with Crippen LogP contribution in [0.15, 0.2) is 42.7 Å². The van der Waals surface area contributed by atoms with Gasteiger partial charge in [-0.3, -0.25) is 4.79 Å². The molecule has 0 saturated heterocycles. The highest BCUT2D eigenvalue weighted by Gasteiger charge is 2.16. The first-order valence-corrected chi connectivity index (χ1v) is 6.35. The van der Waals surface area contributed by atoms with E-state index in [9.17, 15) is 4.79 Å². The number of ether oxygens (including phenoxy) is 2. The molecule has 4 nitrogen and oxygen atoms in total. The van der Waals surface area contributed by atoms with Crippen LogP contribution in [0.1, 0.15) is 5.56 Å². The molecule has 0 radical (unpaired) electrons. The van der Waals surface area contributed by atoms with Crippen LogP contribution >= 0.6 is 11.6 Å². The molecule has 1 aliphatic rings. The van der Waals surface area contributed by atoms with Gasteiger partial charge in [-0.25, -0.2) is 0 Å². The predicted octanol–water partition coefficient (Wildman–Crippen LogP) is 2.94. The Balaban J connectivity index is 2.41. The molecule has 0 aromatic heterocycles. The molecular weight excluding hydrogens is 278 g/mol. The summed E-state index contributed by atoms with van der Waals surface area (Å²) in [6.45, 7) is 3.96. The fourth-order valence-corrected chi connectivity index (χ4v) is 1.99. The molecule has 5 heteroatoms. The Hall–Kier alpha value is -2.20. The first kappa shape index (κ1) is 14.2. The third-order valence-corrected chi connectivity index (χ3v) is 2.90. The van der Waals surface area contributed by atoms with Gasteiger partial charge in [-0.05, 0) is 18.2 Å². The SMILES string of the molecule is C=CCNC(=O)C1=Cc2cc(Cl)cc(OC)c2OC=C1. The zero-order valence-corrected chi connectivity index (χ0v) is 11.7. The molecule has 20 heavy (non-hydrogen) atoms. The van der Waals surface area contributed by atoms with E-state index in [1.54, 1.807) is 30.4 Å². The summed E-state index contributed by atoms with van der Waals surface area (Å²) < 4.78 is 10.7. The first-order valence-electron chi connectivity index (χ1n) is 5.97. The maximum Gasteiger partial charge on any atom is 0.251 e.